The zero-order chi connectivity index (χ0) is 26.5. The number of carboxylic acids is 1. The molecule has 36 heavy (non-hydrogen) atoms. The Balaban J connectivity index is 1.98. The van der Waals surface area contributed by atoms with Crippen LogP contribution in [0.3, 0.4) is 0 Å². The Kier molecular flexibility index (Phi) is 11.7. The number of hydrogen-bond acceptors (Lipinski definition) is 7. The summed E-state index contributed by atoms with van der Waals surface area (Å²) < 4.78 is 0. The molecule has 2 rings (SSSR count). The number of amides is 3. The molecule has 7 N–H and O–H groups in total. The van der Waals surface area contributed by atoms with Crippen LogP contribution in [0.2, 0.25) is 0 Å². The number of nitrogens with one attached hydrogen (secondary N) is 3. The van der Waals surface area contributed by atoms with Crippen LogP contribution in [0.15, 0.2) is 54.6 Å². The number of hydrogen-bond donors (Lipinski definition) is 6. The molecule has 2 aromatic carbocycles. The predicted octanol–water partition coefficient (Wildman–Crippen LogP) is 0.428. The molecule has 0 saturated carbocycles. The van der Waals surface area contributed by atoms with Crippen molar-refractivity contribution >= 4 is 35.5 Å². The van der Waals surface area contributed by atoms with E-state index in [9.17, 15) is 29.4 Å². The van der Waals surface area contributed by atoms with Gasteiger partial charge in [0.1, 0.15) is 17.8 Å². The van der Waals surface area contributed by atoms with E-state index < -0.39 is 48.4 Å². The smallest absolute Gasteiger partial charge is 0.326 e. The molecule has 3 amide bonds. The van der Waals surface area contributed by atoms with Crippen LogP contribution in [0.25, 0.3) is 0 Å². The standard InChI is InChI=1S/C25H32N4O6S/c1-36-12-11-20(25(34)35)29-24(33)21(14-16-5-3-2-4-6-16)28-22(31)15-27-23(32)19(26)13-17-7-9-18(30)10-8-17/h2-10,19-21,30H,11-15,26H2,1H3,(H,27,32)(H,28,31)(H,29,33)(H,34,35). The molecular formula is C25H32N4O6S. The van der Waals surface area contributed by atoms with Crippen molar-refractivity contribution in [3.63, 3.8) is 0 Å². The second-order valence-electron chi connectivity index (χ2n) is 8.19. The first-order valence-electron chi connectivity index (χ1n) is 11.4. The number of aliphatic carboxylic acids is 1. The molecule has 0 fully saturated rings. The molecule has 0 aliphatic heterocycles. The Morgan fingerprint density at radius 3 is 2.14 bits per heavy atom. The minimum Gasteiger partial charge on any atom is -0.508 e. The van der Waals surface area contributed by atoms with Gasteiger partial charge in [-0.25, -0.2) is 4.79 Å². The number of carbonyl (C=O) groups excluding carboxylic acids is 3. The molecular weight excluding hydrogens is 484 g/mol. The molecule has 0 aliphatic carbocycles. The minimum atomic E-state index is -1.16. The van der Waals surface area contributed by atoms with Crippen molar-refractivity contribution in [1.82, 2.24) is 16.0 Å². The number of thioether (sulfide) groups is 1. The van der Waals surface area contributed by atoms with Crippen molar-refractivity contribution < 1.29 is 29.4 Å². The van der Waals surface area contributed by atoms with Gasteiger partial charge in [0.15, 0.2) is 0 Å². The number of carbonyl (C=O) groups is 4. The van der Waals surface area contributed by atoms with Crippen molar-refractivity contribution in [1.29, 1.82) is 0 Å². The first kappa shape index (κ1) is 28.7. The number of rotatable bonds is 14. The van der Waals surface area contributed by atoms with Crippen LogP contribution in [0.1, 0.15) is 17.5 Å². The summed E-state index contributed by atoms with van der Waals surface area (Å²) in [5, 5.41) is 26.3. The fraction of sp³-hybridized carbons (Fsp3) is 0.360. The zero-order valence-corrected chi connectivity index (χ0v) is 20.8. The molecule has 0 spiro atoms. The number of phenolic OH excluding ortho intramolecular Hbond substituents is 1. The third-order valence-electron chi connectivity index (χ3n) is 5.31. The molecule has 0 aliphatic rings. The van der Waals surface area contributed by atoms with Gasteiger partial charge in [-0.1, -0.05) is 42.5 Å². The van der Waals surface area contributed by atoms with E-state index in [4.69, 9.17) is 5.73 Å². The molecule has 194 valence electrons. The largest absolute Gasteiger partial charge is 0.508 e. The van der Waals surface area contributed by atoms with Crippen LogP contribution in [0, 0.1) is 0 Å². The summed E-state index contributed by atoms with van der Waals surface area (Å²) in [6.07, 6.45) is 2.42. The molecule has 0 saturated heterocycles. The minimum absolute atomic E-state index is 0.0986. The molecule has 0 heterocycles. The van der Waals surface area contributed by atoms with Crippen molar-refractivity contribution in [3.8, 4) is 5.75 Å². The molecule has 0 bridgehead atoms. The highest BCUT2D eigenvalue weighted by Gasteiger charge is 2.27. The molecule has 0 radical (unpaired) electrons. The van der Waals surface area contributed by atoms with Crippen LogP contribution < -0.4 is 21.7 Å². The zero-order valence-electron chi connectivity index (χ0n) is 20.0. The summed E-state index contributed by atoms with van der Waals surface area (Å²) in [4.78, 5) is 49.4. The van der Waals surface area contributed by atoms with Crippen molar-refractivity contribution in [3.05, 3.63) is 65.7 Å². The third-order valence-corrected chi connectivity index (χ3v) is 5.96. The van der Waals surface area contributed by atoms with Crippen molar-refractivity contribution in [2.45, 2.75) is 37.4 Å². The van der Waals surface area contributed by atoms with Crippen LogP contribution in [0.4, 0.5) is 0 Å². The normalized spacial score (nSPS) is 13.2. The number of aromatic hydroxyl groups is 1. The lowest BCUT2D eigenvalue weighted by atomic mass is 10.0. The summed E-state index contributed by atoms with van der Waals surface area (Å²) in [5.41, 5.74) is 7.44. The molecule has 3 unspecified atom stereocenters. The Bertz CT molecular complexity index is 1020. The first-order valence-corrected chi connectivity index (χ1v) is 12.8. The van der Waals surface area contributed by atoms with Crippen LogP contribution >= 0.6 is 11.8 Å². The van der Waals surface area contributed by atoms with E-state index >= 15 is 0 Å². The van der Waals surface area contributed by atoms with Gasteiger partial charge in [0, 0.05) is 6.42 Å². The van der Waals surface area contributed by atoms with Gasteiger partial charge in [-0.15, -0.1) is 0 Å². The molecule has 10 nitrogen and oxygen atoms in total. The molecule has 11 heteroatoms. The van der Waals surface area contributed by atoms with Crippen LogP contribution in [0.5, 0.6) is 5.75 Å². The topological polar surface area (TPSA) is 171 Å². The van der Waals surface area contributed by atoms with E-state index in [0.717, 1.165) is 11.1 Å². The van der Waals surface area contributed by atoms with Gasteiger partial charge in [0.05, 0.1) is 12.6 Å². The fourth-order valence-corrected chi connectivity index (χ4v) is 3.82. The highest BCUT2D eigenvalue weighted by atomic mass is 32.2. The lowest BCUT2D eigenvalue weighted by Crippen LogP contribution is -2.54. The lowest BCUT2D eigenvalue weighted by molar-refractivity contribution is -0.142. The average molecular weight is 517 g/mol. The van der Waals surface area contributed by atoms with E-state index in [2.05, 4.69) is 16.0 Å². The van der Waals surface area contributed by atoms with Gasteiger partial charge in [-0.3, -0.25) is 14.4 Å². The maximum atomic E-state index is 12.9. The summed E-state index contributed by atoms with van der Waals surface area (Å²) in [6, 6.07) is 12.2. The average Bonchev–Trinajstić information content (AvgIpc) is 2.86. The third kappa shape index (κ3) is 9.96. The summed E-state index contributed by atoms with van der Waals surface area (Å²) in [7, 11) is 0. The number of benzene rings is 2. The number of carboxylic acid groups (broad SMARTS) is 1. The van der Waals surface area contributed by atoms with Crippen LogP contribution in [-0.2, 0) is 32.0 Å². The molecule has 3 atom stereocenters. The highest BCUT2D eigenvalue weighted by Crippen LogP contribution is 2.11. The molecule has 2 aromatic rings. The fourth-order valence-electron chi connectivity index (χ4n) is 3.35. The van der Waals surface area contributed by atoms with Gasteiger partial charge < -0.3 is 31.9 Å². The van der Waals surface area contributed by atoms with E-state index in [0.29, 0.717) is 5.75 Å². The quantitative estimate of drug-likeness (QED) is 0.210. The summed E-state index contributed by atoms with van der Waals surface area (Å²) in [5.74, 6) is -2.31. The summed E-state index contributed by atoms with van der Waals surface area (Å²) in [6.45, 7) is -0.407. The van der Waals surface area contributed by atoms with Gasteiger partial charge in [0.2, 0.25) is 17.7 Å². The summed E-state index contributed by atoms with van der Waals surface area (Å²) >= 11 is 1.46. The number of nitrogens with two attached hydrogens (primary N) is 1. The second-order valence-corrected chi connectivity index (χ2v) is 9.17. The van der Waals surface area contributed by atoms with Gasteiger partial charge in [-0.2, -0.15) is 11.8 Å². The SMILES string of the molecule is CSCCC(NC(=O)C(Cc1ccccc1)NC(=O)CNC(=O)C(N)Cc1ccc(O)cc1)C(=O)O. The number of phenols is 1. The second kappa shape index (κ2) is 14.7. The monoisotopic (exact) mass is 516 g/mol. The van der Waals surface area contributed by atoms with E-state index in [1.54, 1.807) is 36.4 Å². The Hall–Kier alpha value is -3.57. The first-order chi connectivity index (χ1) is 17.2. The Labute approximate surface area is 214 Å². The van der Waals surface area contributed by atoms with Gasteiger partial charge >= 0.3 is 5.97 Å². The van der Waals surface area contributed by atoms with Crippen molar-refractivity contribution in [2.24, 2.45) is 5.73 Å². The molecule has 0 aromatic heterocycles. The van der Waals surface area contributed by atoms with Gasteiger partial charge in [0.25, 0.3) is 0 Å². The van der Waals surface area contributed by atoms with Crippen LogP contribution in [-0.4, -0.2) is 70.6 Å². The Morgan fingerprint density at radius 2 is 1.53 bits per heavy atom. The predicted molar refractivity (Wildman–Crippen MR) is 137 cm³/mol. The Morgan fingerprint density at radius 1 is 0.889 bits per heavy atom. The lowest BCUT2D eigenvalue weighted by Gasteiger charge is -2.22. The van der Waals surface area contributed by atoms with E-state index in [1.807, 2.05) is 12.3 Å². The highest BCUT2D eigenvalue weighted by molar-refractivity contribution is 7.98. The maximum Gasteiger partial charge on any atom is 0.326 e. The van der Waals surface area contributed by atoms with Crippen molar-refractivity contribution in [2.75, 3.05) is 18.6 Å². The van der Waals surface area contributed by atoms with E-state index in [-0.39, 0.29) is 25.0 Å². The van der Waals surface area contributed by atoms with Gasteiger partial charge in [-0.05, 0) is 48.1 Å². The van der Waals surface area contributed by atoms with E-state index in [1.165, 1.54) is 23.9 Å². The maximum absolute atomic E-state index is 12.9.